The van der Waals surface area contributed by atoms with Crippen molar-refractivity contribution in [2.45, 2.75) is 12.8 Å². The van der Waals surface area contributed by atoms with Gasteiger partial charge in [-0.25, -0.2) is 4.39 Å². The molecule has 108 valence electrons. The largest absolute Gasteiger partial charge is 0.468 e. The van der Waals surface area contributed by atoms with Crippen LogP contribution in [0.3, 0.4) is 0 Å². The van der Waals surface area contributed by atoms with Gasteiger partial charge in [-0.1, -0.05) is 0 Å². The summed E-state index contributed by atoms with van der Waals surface area (Å²) >= 11 is 0. The molecule has 2 rings (SSSR count). The second-order valence-corrected chi connectivity index (χ2v) is 5.02. The van der Waals surface area contributed by atoms with E-state index < -0.39 is 0 Å². The number of benzene rings is 1. The Morgan fingerprint density at radius 3 is 2.70 bits per heavy atom. The van der Waals surface area contributed by atoms with Crippen LogP contribution in [0.1, 0.15) is 23.2 Å². The maximum Gasteiger partial charge on any atom is 0.319 e. The van der Waals surface area contributed by atoms with Gasteiger partial charge in [0.1, 0.15) is 5.82 Å². The fourth-order valence-electron chi connectivity index (χ4n) is 2.51. The Kier molecular flexibility index (Phi) is 4.84. The van der Waals surface area contributed by atoms with Crippen LogP contribution in [-0.2, 0) is 9.53 Å². The number of ether oxygens (including phenoxy) is 1. The number of Topliss-reactive ketones (excluding diaryl/α,β-unsaturated/α-hetero) is 1. The van der Waals surface area contributed by atoms with Crippen molar-refractivity contribution in [1.82, 2.24) is 4.90 Å². The lowest BCUT2D eigenvalue weighted by Gasteiger charge is -2.31. The summed E-state index contributed by atoms with van der Waals surface area (Å²) in [6, 6.07) is 5.61. The number of esters is 1. The summed E-state index contributed by atoms with van der Waals surface area (Å²) in [5.41, 5.74) is 0.524. The van der Waals surface area contributed by atoms with E-state index in [-0.39, 0.29) is 30.0 Å². The molecule has 20 heavy (non-hydrogen) atoms. The van der Waals surface area contributed by atoms with Crippen molar-refractivity contribution in [1.29, 1.82) is 0 Å². The van der Waals surface area contributed by atoms with E-state index in [1.807, 2.05) is 4.90 Å². The monoisotopic (exact) mass is 279 g/mol. The molecular weight excluding hydrogens is 261 g/mol. The number of halogens is 1. The fourth-order valence-corrected chi connectivity index (χ4v) is 2.51. The predicted molar refractivity (Wildman–Crippen MR) is 71.9 cm³/mol. The Labute approximate surface area is 117 Å². The zero-order valence-corrected chi connectivity index (χ0v) is 11.5. The average Bonchev–Trinajstić information content (AvgIpc) is 2.47. The van der Waals surface area contributed by atoms with Crippen molar-refractivity contribution < 1.29 is 18.7 Å². The molecule has 0 N–H and O–H groups in total. The number of likely N-dealkylation sites (tertiary alicyclic amines) is 1. The maximum absolute atomic E-state index is 12.9. The topological polar surface area (TPSA) is 46.6 Å². The van der Waals surface area contributed by atoms with E-state index in [2.05, 4.69) is 4.74 Å². The molecule has 1 unspecified atom stereocenters. The first-order valence-corrected chi connectivity index (χ1v) is 6.69. The van der Waals surface area contributed by atoms with Crippen molar-refractivity contribution in [3.63, 3.8) is 0 Å². The first-order valence-electron chi connectivity index (χ1n) is 6.69. The number of nitrogens with zero attached hydrogens (tertiary/aromatic N) is 1. The molecule has 1 aromatic rings. The summed E-state index contributed by atoms with van der Waals surface area (Å²) < 4.78 is 17.5. The van der Waals surface area contributed by atoms with Crippen molar-refractivity contribution in [2.75, 3.05) is 26.7 Å². The molecule has 1 saturated heterocycles. The minimum atomic E-state index is -0.350. The van der Waals surface area contributed by atoms with Gasteiger partial charge in [0.15, 0.2) is 5.78 Å². The highest BCUT2D eigenvalue weighted by molar-refractivity contribution is 5.98. The van der Waals surface area contributed by atoms with Gasteiger partial charge >= 0.3 is 5.97 Å². The summed E-state index contributed by atoms with van der Waals surface area (Å²) in [5.74, 6) is -0.768. The molecule has 0 radical (unpaired) electrons. The second kappa shape index (κ2) is 6.61. The number of ketones is 1. The molecule has 1 aromatic carbocycles. The molecule has 1 fully saturated rings. The molecule has 1 atom stereocenters. The van der Waals surface area contributed by atoms with Crippen LogP contribution in [0, 0.1) is 11.7 Å². The zero-order chi connectivity index (χ0) is 14.5. The van der Waals surface area contributed by atoms with Crippen LogP contribution >= 0.6 is 0 Å². The lowest BCUT2D eigenvalue weighted by Crippen LogP contribution is -2.41. The normalized spacial score (nSPS) is 19.6. The van der Waals surface area contributed by atoms with Crippen LogP contribution in [0.5, 0.6) is 0 Å². The third kappa shape index (κ3) is 3.63. The van der Waals surface area contributed by atoms with E-state index in [4.69, 9.17) is 0 Å². The molecule has 0 bridgehead atoms. The number of hydrogen-bond acceptors (Lipinski definition) is 4. The Hall–Kier alpha value is -1.75. The Bertz CT molecular complexity index is 486. The smallest absolute Gasteiger partial charge is 0.319 e. The van der Waals surface area contributed by atoms with Gasteiger partial charge in [0.2, 0.25) is 0 Å². The molecule has 4 nitrogen and oxygen atoms in total. The average molecular weight is 279 g/mol. The Morgan fingerprint density at radius 1 is 1.35 bits per heavy atom. The summed E-state index contributed by atoms with van der Waals surface area (Å²) in [6.45, 7) is 1.55. The molecule has 0 spiro atoms. The molecule has 1 heterocycles. The standard InChI is InChI=1S/C15H18FNO3/c1-20-14(18)10-17-8-2-3-12(9-17)15(19)11-4-6-13(16)7-5-11/h4-7,12H,2-3,8-10H2,1H3. The van der Waals surface area contributed by atoms with Gasteiger partial charge in [0.05, 0.1) is 13.7 Å². The van der Waals surface area contributed by atoms with Gasteiger partial charge in [-0.05, 0) is 43.7 Å². The van der Waals surface area contributed by atoms with E-state index in [1.165, 1.54) is 31.4 Å². The minimum Gasteiger partial charge on any atom is -0.468 e. The number of carbonyl (C=O) groups is 2. The highest BCUT2D eigenvalue weighted by atomic mass is 19.1. The van der Waals surface area contributed by atoms with E-state index in [9.17, 15) is 14.0 Å². The molecule has 5 heteroatoms. The summed E-state index contributed by atoms with van der Waals surface area (Å²) in [4.78, 5) is 25.6. The summed E-state index contributed by atoms with van der Waals surface area (Å²) in [6.07, 6.45) is 1.67. The number of carbonyl (C=O) groups excluding carboxylic acids is 2. The molecular formula is C15H18FNO3. The number of methoxy groups -OCH3 is 1. The van der Waals surface area contributed by atoms with E-state index in [0.29, 0.717) is 12.1 Å². The van der Waals surface area contributed by atoms with Crippen molar-refractivity contribution in [3.8, 4) is 0 Å². The number of hydrogen-bond donors (Lipinski definition) is 0. The van der Waals surface area contributed by atoms with Gasteiger partial charge in [0, 0.05) is 18.0 Å². The Balaban J connectivity index is 1.99. The van der Waals surface area contributed by atoms with E-state index >= 15 is 0 Å². The van der Waals surface area contributed by atoms with Crippen LogP contribution in [0.2, 0.25) is 0 Å². The van der Waals surface area contributed by atoms with Crippen LogP contribution in [0.15, 0.2) is 24.3 Å². The SMILES string of the molecule is COC(=O)CN1CCCC(C(=O)c2ccc(F)cc2)C1. The van der Waals surface area contributed by atoms with E-state index in [0.717, 1.165) is 19.4 Å². The van der Waals surface area contributed by atoms with Gasteiger partial charge in [-0.3, -0.25) is 14.5 Å². The summed E-state index contributed by atoms with van der Waals surface area (Å²) in [7, 11) is 1.35. The van der Waals surface area contributed by atoms with Crippen molar-refractivity contribution >= 4 is 11.8 Å². The van der Waals surface area contributed by atoms with Crippen LogP contribution < -0.4 is 0 Å². The molecule has 1 aliphatic rings. The predicted octanol–water partition coefficient (Wildman–Crippen LogP) is 1.89. The van der Waals surface area contributed by atoms with Gasteiger partial charge < -0.3 is 4.74 Å². The third-order valence-corrected chi connectivity index (χ3v) is 3.59. The van der Waals surface area contributed by atoms with Crippen LogP contribution in [-0.4, -0.2) is 43.4 Å². The molecule has 0 aromatic heterocycles. The van der Waals surface area contributed by atoms with Crippen molar-refractivity contribution in [2.24, 2.45) is 5.92 Å². The number of piperidine rings is 1. The first-order chi connectivity index (χ1) is 9.60. The molecule has 1 aliphatic heterocycles. The third-order valence-electron chi connectivity index (χ3n) is 3.59. The van der Waals surface area contributed by atoms with E-state index in [1.54, 1.807) is 0 Å². The Morgan fingerprint density at radius 2 is 2.05 bits per heavy atom. The zero-order valence-electron chi connectivity index (χ0n) is 11.5. The summed E-state index contributed by atoms with van der Waals surface area (Å²) in [5, 5.41) is 0. The van der Waals surface area contributed by atoms with Gasteiger partial charge in [-0.15, -0.1) is 0 Å². The lowest BCUT2D eigenvalue weighted by molar-refractivity contribution is -0.142. The molecule has 0 saturated carbocycles. The van der Waals surface area contributed by atoms with Gasteiger partial charge in [0.25, 0.3) is 0 Å². The van der Waals surface area contributed by atoms with Crippen molar-refractivity contribution in [3.05, 3.63) is 35.6 Å². The molecule has 0 amide bonds. The maximum atomic E-state index is 12.9. The van der Waals surface area contributed by atoms with Crippen LogP contribution in [0.25, 0.3) is 0 Å². The second-order valence-electron chi connectivity index (χ2n) is 5.02. The highest BCUT2D eigenvalue weighted by Crippen LogP contribution is 2.21. The number of rotatable bonds is 4. The van der Waals surface area contributed by atoms with Crippen LogP contribution in [0.4, 0.5) is 4.39 Å². The fraction of sp³-hybridized carbons (Fsp3) is 0.467. The quantitative estimate of drug-likeness (QED) is 0.624. The minimum absolute atomic E-state index is 0.0135. The lowest BCUT2D eigenvalue weighted by atomic mass is 9.90. The highest BCUT2D eigenvalue weighted by Gasteiger charge is 2.27. The van der Waals surface area contributed by atoms with Gasteiger partial charge in [-0.2, -0.15) is 0 Å². The first kappa shape index (κ1) is 14.7. The molecule has 0 aliphatic carbocycles.